The zero-order chi connectivity index (χ0) is 32.8. The fourth-order valence-corrected chi connectivity index (χ4v) is 9.19. The van der Waals surface area contributed by atoms with Gasteiger partial charge in [0.2, 0.25) is 5.91 Å². The zero-order valence-electron chi connectivity index (χ0n) is 28.2. The van der Waals surface area contributed by atoms with Crippen molar-refractivity contribution in [2.45, 2.75) is 116 Å². The number of carbonyl (C=O) groups excluding carboxylic acids is 2. The van der Waals surface area contributed by atoms with Crippen LogP contribution in [0.5, 0.6) is 0 Å². The Labute approximate surface area is 265 Å². The lowest BCUT2D eigenvalue weighted by molar-refractivity contribution is -0.199. The molecule has 1 aromatic rings. The maximum absolute atomic E-state index is 14.9. The number of hydrogen-bond donors (Lipinski definition) is 3. The van der Waals surface area contributed by atoms with E-state index in [2.05, 4.69) is 71.8 Å². The summed E-state index contributed by atoms with van der Waals surface area (Å²) in [7, 11) is -2.40. The van der Waals surface area contributed by atoms with Crippen LogP contribution >= 0.6 is 0 Å². The van der Waals surface area contributed by atoms with Gasteiger partial charge in [-0.3, -0.25) is 9.59 Å². The molecule has 1 saturated carbocycles. The quantitative estimate of drug-likeness (QED) is 0.217. The summed E-state index contributed by atoms with van der Waals surface area (Å²) >= 11 is 0. The fourth-order valence-electron chi connectivity index (χ4n) is 7.90. The highest BCUT2D eigenvalue weighted by molar-refractivity contribution is 6.74. The van der Waals surface area contributed by atoms with Crippen LogP contribution in [0.3, 0.4) is 0 Å². The van der Waals surface area contributed by atoms with Crippen LogP contribution in [-0.4, -0.2) is 60.9 Å². The van der Waals surface area contributed by atoms with Crippen molar-refractivity contribution in [2.24, 2.45) is 35.0 Å². The van der Waals surface area contributed by atoms with Gasteiger partial charge in [-0.05, 0) is 66.3 Å². The van der Waals surface area contributed by atoms with E-state index >= 15 is 0 Å². The molecule has 1 amide bonds. The minimum absolute atomic E-state index is 0.111. The van der Waals surface area contributed by atoms with E-state index in [-0.39, 0.29) is 34.7 Å². The summed E-state index contributed by atoms with van der Waals surface area (Å²) in [6, 6.07) is 9.71. The molecule has 2 aliphatic carbocycles. The SMILES string of the molecule is C=C1[C@@H](C)[C@H]2[C@H](Cc3ccccc3)NC(=O)[C@]23[C@H](OC(C)=O)[C@H](O)[C@@H](O)[C@@H](C)C[C@@H](C)C/C=C/[C@H]3[C@@H]1O[Si](C)(C)C(C)(C)C. The molecule has 3 N–H and O–H groups in total. The molecule has 3 aliphatic rings. The molecule has 1 heterocycles. The Morgan fingerprint density at radius 3 is 2.34 bits per heavy atom. The first-order valence-corrected chi connectivity index (χ1v) is 19.3. The summed E-state index contributed by atoms with van der Waals surface area (Å²) < 4.78 is 13.3. The van der Waals surface area contributed by atoms with E-state index in [1.165, 1.54) is 6.92 Å². The Bertz CT molecular complexity index is 1240. The lowest BCUT2D eigenvalue weighted by Gasteiger charge is -2.56. The number of ether oxygens (including phenoxy) is 1. The number of esters is 1. The zero-order valence-corrected chi connectivity index (χ0v) is 29.2. The number of nitrogens with one attached hydrogen (secondary N) is 1. The van der Waals surface area contributed by atoms with Crippen LogP contribution in [0.1, 0.15) is 66.9 Å². The van der Waals surface area contributed by atoms with Crippen LogP contribution in [0.25, 0.3) is 0 Å². The third kappa shape index (κ3) is 6.24. The van der Waals surface area contributed by atoms with Gasteiger partial charge in [-0.2, -0.15) is 0 Å². The fraction of sp³-hybridized carbons (Fsp3) is 0.667. The first-order chi connectivity index (χ1) is 20.4. The second-order valence-electron chi connectivity index (χ2n) is 15.4. The van der Waals surface area contributed by atoms with Gasteiger partial charge in [0.15, 0.2) is 8.32 Å². The van der Waals surface area contributed by atoms with Crippen LogP contribution in [0.4, 0.5) is 0 Å². The van der Waals surface area contributed by atoms with E-state index in [9.17, 15) is 19.8 Å². The third-order valence-corrected chi connectivity index (χ3v) is 15.7. The predicted octanol–water partition coefficient (Wildman–Crippen LogP) is 5.82. The summed E-state index contributed by atoms with van der Waals surface area (Å²) in [6.45, 7) is 23.0. The average Bonchev–Trinajstić information content (AvgIpc) is 3.21. The van der Waals surface area contributed by atoms with Gasteiger partial charge in [0, 0.05) is 24.8 Å². The lowest BCUT2D eigenvalue weighted by Crippen LogP contribution is -2.66. The molecule has 0 unspecified atom stereocenters. The molecule has 11 atom stereocenters. The Kier molecular flexibility index (Phi) is 10.1. The Balaban J connectivity index is 2.01. The van der Waals surface area contributed by atoms with Crippen molar-refractivity contribution in [3.8, 4) is 0 Å². The normalized spacial score (nSPS) is 39.0. The monoisotopic (exact) mass is 625 g/mol. The molecule has 4 rings (SSSR count). The van der Waals surface area contributed by atoms with Gasteiger partial charge in [0.25, 0.3) is 0 Å². The van der Waals surface area contributed by atoms with Crippen molar-refractivity contribution in [1.82, 2.24) is 5.32 Å². The number of carbonyl (C=O) groups is 2. The smallest absolute Gasteiger partial charge is 0.303 e. The number of rotatable bonds is 5. The summed E-state index contributed by atoms with van der Waals surface area (Å²) in [5.74, 6) is -2.13. The van der Waals surface area contributed by atoms with Gasteiger partial charge in [-0.1, -0.05) is 90.6 Å². The number of aliphatic hydroxyl groups is 2. The van der Waals surface area contributed by atoms with Crippen LogP contribution in [0, 0.1) is 35.0 Å². The summed E-state index contributed by atoms with van der Waals surface area (Å²) in [6.07, 6.45) is 1.66. The number of allylic oxidation sites excluding steroid dienone is 1. The molecule has 0 aromatic heterocycles. The number of aliphatic hydroxyl groups excluding tert-OH is 2. The van der Waals surface area contributed by atoms with E-state index < -0.39 is 56.0 Å². The van der Waals surface area contributed by atoms with E-state index in [1.807, 2.05) is 37.3 Å². The summed E-state index contributed by atoms with van der Waals surface area (Å²) in [5.41, 5.74) is 0.568. The van der Waals surface area contributed by atoms with Gasteiger partial charge in [0.05, 0.1) is 12.2 Å². The van der Waals surface area contributed by atoms with Crippen molar-refractivity contribution in [2.75, 3.05) is 0 Å². The highest BCUT2D eigenvalue weighted by Gasteiger charge is 2.71. The highest BCUT2D eigenvalue weighted by Crippen LogP contribution is 2.60. The van der Waals surface area contributed by atoms with E-state index in [1.54, 1.807) is 0 Å². The maximum atomic E-state index is 14.9. The van der Waals surface area contributed by atoms with E-state index in [0.717, 1.165) is 17.6 Å². The van der Waals surface area contributed by atoms with Gasteiger partial charge >= 0.3 is 5.97 Å². The maximum Gasteiger partial charge on any atom is 0.303 e. The van der Waals surface area contributed by atoms with Crippen molar-refractivity contribution >= 4 is 20.2 Å². The van der Waals surface area contributed by atoms with Crippen molar-refractivity contribution in [3.05, 3.63) is 60.2 Å². The van der Waals surface area contributed by atoms with Crippen LogP contribution in [0.15, 0.2) is 54.6 Å². The summed E-state index contributed by atoms with van der Waals surface area (Å²) in [4.78, 5) is 27.7. The highest BCUT2D eigenvalue weighted by atomic mass is 28.4. The molecule has 8 heteroatoms. The first-order valence-electron chi connectivity index (χ1n) is 16.3. The van der Waals surface area contributed by atoms with Gasteiger partial charge in [0.1, 0.15) is 17.6 Å². The molecular formula is C36H55NO6Si. The van der Waals surface area contributed by atoms with Gasteiger partial charge in [-0.25, -0.2) is 0 Å². The molecule has 44 heavy (non-hydrogen) atoms. The first kappa shape index (κ1) is 34.6. The summed E-state index contributed by atoms with van der Waals surface area (Å²) in [5, 5.41) is 26.8. The predicted molar refractivity (Wildman–Crippen MR) is 176 cm³/mol. The molecule has 0 radical (unpaired) electrons. The van der Waals surface area contributed by atoms with Gasteiger partial charge in [-0.15, -0.1) is 0 Å². The van der Waals surface area contributed by atoms with Crippen LogP contribution in [-0.2, 0) is 25.2 Å². The van der Waals surface area contributed by atoms with Crippen molar-refractivity contribution in [1.29, 1.82) is 0 Å². The third-order valence-electron chi connectivity index (χ3n) is 11.3. The molecule has 244 valence electrons. The average molecular weight is 626 g/mol. The number of benzene rings is 1. The lowest BCUT2D eigenvalue weighted by atomic mass is 9.50. The number of hydrogen-bond acceptors (Lipinski definition) is 6. The molecule has 1 aromatic carbocycles. The molecule has 1 aliphatic heterocycles. The number of amides is 1. The Morgan fingerprint density at radius 1 is 1.11 bits per heavy atom. The standard InChI is InChI=1S/C36H55NO6Si/c1-21-15-14-18-27-32(43-44(9,10)35(6,7)8)24(4)23(3)29-28(20-26-16-12-11-13-17-26)37-34(41)36(27,29)33(42-25(5)38)31(40)30(39)22(2)19-21/h11-14,16-18,21-23,27-33,39-40H,4,15,19-20H2,1-3,5-10H3,(H,37,41)/b18-14+/t21-,22-,23+,27-,28-,29-,30-,31+,32+,33+,36-/m0/s1. The minimum Gasteiger partial charge on any atom is -0.458 e. The Morgan fingerprint density at radius 2 is 1.75 bits per heavy atom. The second kappa shape index (κ2) is 12.9. The van der Waals surface area contributed by atoms with Crippen molar-refractivity contribution < 1.29 is 29.0 Å². The second-order valence-corrected chi connectivity index (χ2v) is 20.2. The molecule has 0 bridgehead atoms. The van der Waals surface area contributed by atoms with Crippen LogP contribution in [0.2, 0.25) is 18.1 Å². The molecule has 1 saturated heterocycles. The van der Waals surface area contributed by atoms with Gasteiger partial charge < -0.3 is 24.7 Å². The Hall–Kier alpha value is -2.26. The van der Waals surface area contributed by atoms with Crippen LogP contribution < -0.4 is 5.32 Å². The molecule has 1 spiro atoms. The van der Waals surface area contributed by atoms with E-state index in [0.29, 0.717) is 12.8 Å². The molecule has 7 nitrogen and oxygen atoms in total. The molecule has 2 fully saturated rings. The molecular weight excluding hydrogens is 570 g/mol. The van der Waals surface area contributed by atoms with Crippen molar-refractivity contribution in [3.63, 3.8) is 0 Å². The minimum atomic E-state index is -2.40. The largest absolute Gasteiger partial charge is 0.458 e. The van der Waals surface area contributed by atoms with E-state index in [4.69, 9.17) is 9.16 Å². The topological polar surface area (TPSA) is 105 Å².